The average Bonchev–Trinajstić information content (AvgIpc) is 3.49. The highest BCUT2D eigenvalue weighted by Gasteiger charge is 2.66. The van der Waals surface area contributed by atoms with Crippen LogP contribution in [0.15, 0.2) is 47.3 Å². The number of pyridine rings is 1. The summed E-state index contributed by atoms with van der Waals surface area (Å²) in [6.07, 6.45) is 12.3. The van der Waals surface area contributed by atoms with Gasteiger partial charge in [0.25, 0.3) is 0 Å². The monoisotopic (exact) mass is 740 g/mol. The van der Waals surface area contributed by atoms with Crippen molar-refractivity contribution in [2.24, 2.45) is 5.41 Å². The number of halogens is 2. The zero-order valence-electron chi connectivity index (χ0n) is 28.3. The number of aromatic nitrogens is 5. The molecule has 0 spiro atoms. The van der Waals surface area contributed by atoms with E-state index in [2.05, 4.69) is 43.0 Å². The minimum absolute atomic E-state index is 0.0341. The third kappa shape index (κ3) is 6.45. The van der Waals surface area contributed by atoms with Gasteiger partial charge in [-0.25, -0.2) is 19.3 Å². The Labute approximate surface area is 297 Å². The molecule has 2 fully saturated rings. The van der Waals surface area contributed by atoms with Gasteiger partial charge in [0.2, 0.25) is 5.91 Å². The van der Waals surface area contributed by atoms with Crippen LogP contribution >= 0.6 is 15.9 Å². The number of carbonyl (C=O) groups is 4. The van der Waals surface area contributed by atoms with Gasteiger partial charge in [0.1, 0.15) is 28.4 Å². The smallest absolute Gasteiger partial charge is 0.245 e. The van der Waals surface area contributed by atoms with Crippen molar-refractivity contribution in [2.45, 2.75) is 97.2 Å². The van der Waals surface area contributed by atoms with Crippen LogP contribution in [0.2, 0.25) is 0 Å². The Hall–Kier alpha value is -4.45. The van der Waals surface area contributed by atoms with E-state index >= 15 is 0 Å². The van der Waals surface area contributed by atoms with E-state index in [-0.39, 0.29) is 58.0 Å². The lowest BCUT2D eigenvalue weighted by atomic mass is 9.90. The number of hydrogen-bond acceptors (Lipinski definition) is 8. The molecule has 7 rings (SSSR count). The molecule has 0 unspecified atom stereocenters. The second-order valence-corrected chi connectivity index (χ2v) is 14.7. The zero-order valence-corrected chi connectivity index (χ0v) is 29.9. The van der Waals surface area contributed by atoms with Crippen molar-refractivity contribution >= 4 is 50.1 Å². The quantitative estimate of drug-likeness (QED) is 0.130. The fraction of sp³-hybridized carbons (Fsp3) is 0.421. The van der Waals surface area contributed by atoms with Gasteiger partial charge in [-0.2, -0.15) is 5.10 Å². The number of benzene rings is 1. The summed E-state index contributed by atoms with van der Waals surface area (Å²) in [5.41, 5.74) is 4.14. The molecule has 3 atom stereocenters. The van der Waals surface area contributed by atoms with Gasteiger partial charge in [0.05, 0.1) is 23.7 Å². The van der Waals surface area contributed by atoms with Crippen molar-refractivity contribution in [3.8, 4) is 11.1 Å². The molecule has 10 nitrogen and oxygen atoms in total. The fourth-order valence-electron chi connectivity index (χ4n) is 7.79. The molecule has 50 heavy (non-hydrogen) atoms. The van der Waals surface area contributed by atoms with Crippen molar-refractivity contribution < 1.29 is 23.6 Å². The highest BCUT2D eigenvalue weighted by molar-refractivity contribution is 9.10. The maximum Gasteiger partial charge on any atom is 0.245 e. The van der Waals surface area contributed by atoms with E-state index in [0.29, 0.717) is 60.1 Å². The largest absolute Gasteiger partial charge is 0.327 e. The van der Waals surface area contributed by atoms with Crippen molar-refractivity contribution in [3.63, 3.8) is 0 Å². The van der Waals surface area contributed by atoms with Gasteiger partial charge in [-0.1, -0.05) is 12.2 Å². The third-order valence-electron chi connectivity index (χ3n) is 10.5. The Balaban J connectivity index is 1.30. The first-order valence-electron chi connectivity index (χ1n) is 17.1. The van der Waals surface area contributed by atoms with Gasteiger partial charge in [-0.05, 0) is 109 Å². The van der Waals surface area contributed by atoms with Crippen LogP contribution in [0.4, 0.5) is 4.39 Å². The Morgan fingerprint density at radius 2 is 1.82 bits per heavy atom. The van der Waals surface area contributed by atoms with Crippen LogP contribution in [0.1, 0.15) is 85.0 Å². The Kier molecular flexibility index (Phi) is 9.08. The molecule has 5 heterocycles. The Morgan fingerprint density at radius 1 is 1.04 bits per heavy atom. The number of hydrogen-bond donors (Lipinski definition) is 0. The molecule has 1 saturated carbocycles. The second kappa shape index (κ2) is 13.4. The number of allylic oxidation sites excluding steroid dienone is 2. The first-order chi connectivity index (χ1) is 23.9. The molecular weight excluding hydrogens is 703 g/mol. The van der Waals surface area contributed by atoms with Crippen LogP contribution in [-0.4, -0.2) is 65.0 Å². The normalized spacial score (nSPS) is 22.5. The van der Waals surface area contributed by atoms with Crippen LogP contribution in [0, 0.1) is 25.1 Å². The molecule has 1 amide bonds. The predicted octanol–water partition coefficient (Wildman–Crippen LogP) is 6.41. The topological polar surface area (TPSA) is 128 Å². The zero-order chi connectivity index (χ0) is 35.3. The first kappa shape index (κ1) is 34.0. The number of ketones is 3. The molecule has 1 aliphatic carbocycles. The van der Waals surface area contributed by atoms with Crippen molar-refractivity contribution in [1.82, 2.24) is 29.6 Å². The molecule has 1 saturated heterocycles. The summed E-state index contributed by atoms with van der Waals surface area (Å²) in [5.74, 6) is -0.345. The summed E-state index contributed by atoms with van der Waals surface area (Å²) < 4.78 is 15.8. The van der Waals surface area contributed by atoms with Crippen molar-refractivity contribution in [3.05, 3.63) is 81.5 Å². The minimum atomic E-state index is -0.718. The van der Waals surface area contributed by atoms with E-state index in [1.54, 1.807) is 28.9 Å². The third-order valence-corrected chi connectivity index (χ3v) is 11.1. The van der Waals surface area contributed by atoms with Gasteiger partial charge in [0, 0.05) is 49.2 Å². The van der Waals surface area contributed by atoms with Gasteiger partial charge in [-0.15, -0.1) is 0 Å². The fourth-order valence-corrected chi connectivity index (χ4v) is 8.12. The van der Waals surface area contributed by atoms with E-state index in [1.807, 2.05) is 19.1 Å². The summed E-state index contributed by atoms with van der Waals surface area (Å²) >= 11 is 3.13. The number of rotatable bonds is 5. The number of piperidine rings is 1. The number of nitrogens with zero attached hydrogens (tertiary/aromatic N) is 6. The van der Waals surface area contributed by atoms with E-state index in [0.717, 1.165) is 36.0 Å². The lowest BCUT2D eigenvalue weighted by Gasteiger charge is -2.27. The maximum atomic E-state index is 14.5. The molecule has 1 aromatic carbocycles. The number of carbonyl (C=O) groups excluding carboxylic acids is 4. The molecule has 3 aromatic heterocycles. The Bertz CT molecular complexity index is 2090. The Morgan fingerprint density at radius 3 is 2.58 bits per heavy atom. The van der Waals surface area contributed by atoms with Gasteiger partial charge < -0.3 is 4.90 Å². The van der Waals surface area contributed by atoms with Crippen molar-refractivity contribution in [2.75, 3.05) is 0 Å². The number of aryl methyl sites for hydroxylation is 2. The summed E-state index contributed by atoms with van der Waals surface area (Å²) in [5, 5.41) is 5.35. The van der Waals surface area contributed by atoms with Gasteiger partial charge in [0.15, 0.2) is 17.4 Å². The van der Waals surface area contributed by atoms with Crippen LogP contribution in [0.3, 0.4) is 0 Å². The SMILES string of the molecule is CC(=O)c1nn2c3c(cc(-c4cnc(C)nc4)cc13)CC=CCCCC(=O)CC[C@@]13C[C@@H](C(=O)Cc4nc(Br)c(F)cc4C)N(C(=O)C2)[C@@H]1C3. The molecule has 2 bridgehead atoms. The standard InChI is InChI=1S/C38H38BrFN6O4/c1-21-12-29(40)37(39)43-30(21)15-32(49)31-16-38-11-10-27(48)9-7-5-4-6-8-24-13-25(26-18-41-23(3)42-19-26)14-28-35(22(2)47)44-45(36(24)28)20-34(50)46(31)33(38)17-38/h4,6,12-14,18-19,31,33H,5,7-11,15-17,20H2,1-3H3/t31-,33+,38-/m0/s1. The molecule has 4 aromatic rings. The highest BCUT2D eigenvalue weighted by atomic mass is 79.9. The van der Waals surface area contributed by atoms with E-state index in [4.69, 9.17) is 5.10 Å². The van der Waals surface area contributed by atoms with Gasteiger partial charge >= 0.3 is 0 Å². The molecular formula is C38H38BrFN6O4. The second-order valence-electron chi connectivity index (χ2n) is 14.0. The number of amides is 1. The summed E-state index contributed by atoms with van der Waals surface area (Å²) in [7, 11) is 0. The van der Waals surface area contributed by atoms with E-state index in [1.165, 1.54) is 13.0 Å². The molecule has 12 heteroatoms. The molecule has 0 N–H and O–H groups in total. The molecule has 3 aliphatic rings. The first-order valence-corrected chi connectivity index (χ1v) is 17.9. The highest BCUT2D eigenvalue weighted by Crippen LogP contribution is 2.62. The number of Topliss-reactive ketones (excluding diaryl/α,β-unsaturated/α-hetero) is 3. The summed E-state index contributed by atoms with van der Waals surface area (Å²) in [4.78, 5) is 69.1. The van der Waals surface area contributed by atoms with Crippen LogP contribution in [-0.2, 0) is 33.8 Å². The molecule has 2 aliphatic heterocycles. The van der Waals surface area contributed by atoms with Crippen molar-refractivity contribution in [1.29, 1.82) is 0 Å². The van der Waals surface area contributed by atoms with E-state index in [9.17, 15) is 23.6 Å². The lowest BCUT2D eigenvalue weighted by molar-refractivity contribution is -0.139. The van der Waals surface area contributed by atoms with Crippen LogP contribution in [0.5, 0.6) is 0 Å². The predicted molar refractivity (Wildman–Crippen MR) is 188 cm³/mol. The molecule has 258 valence electrons. The lowest BCUT2D eigenvalue weighted by Crippen LogP contribution is -2.45. The van der Waals surface area contributed by atoms with Gasteiger partial charge in [-0.3, -0.25) is 23.9 Å². The summed E-state index contributed by atoms with van der Waals surface area (Å²) in [6, 6.07) is 4.38. The summed E-state index contributed by atoms with van der Waals surface area (Å²) in [6.45, 7) is 4.83. The average molecular weight is 742 g/mol. The maximum absolute atomic E-state index is 14.5. The van der Waals surface area contributed by atoms with Crippen LogP contribution in [0.25, 0.3) is 22.0 Å². The minimum Gasteiger partial charge on any atom is -0.327 e. The van der Waals surface area contributed by atoms with Crippen LogP contribution < -0.4 is 0 Å². The van der Waals surface area contributed by atoms with E-state index < -0.39 is 11.9 Å². The molecule has 0 radical (unpaired) electrons.